The van der Waals surface area contributed by atoms with Crippen LogP contribution in [0.2, 0.25) is 0 Å². The summed E-state index contributed by atoms with van der Waals surface area (Å²) in [5.74, 6) is -1.31. The third kappa shape index (κ3) is 17.6. The fraction of sp³-hybridized carbons (Fsp3) is 0.818. The Morgan fingerprint density at radius 1 is 0.952 bits per heavy atom. The lowest BCUT2D eigenvalue weighted by atomic mass is 9.98. The minimum atomic E-state index is -0.953. The van der Waals surface area contributed by atoms with E-state index < -0.39 is 18.1 Å². The second-order valence-corrected chi connectivity index (χ2v) is 4.36. The summed E-state index contributed by atoms with van der Waals surface area (Å²) >= 11 is 0. The molecule has 0 spiro atoms. The molecule has 0 rings (SSSR count). The normalized spacial score (nSPS) is 13.5. The smallest absolute Gasteiger partial charge is 0.307 e. The summed E-state index contributed by atoms with van der Waals surface area (Å²) in [5.41, 5.74) is 17.1. The molecular formula is C11H26Cl3N3O4. The molecule has 0 saturated heterocycles. The van der Waals surface area contributed by atoms with Gasteiger partial charge in [0.1, 0.15) is 0 Å². The van der Waals surface area contributed by atoms with Crippen molar-refractivity contribution >= 4 is 49.2 Å². The number of aliphatic carboxylic acids is 1. The third-order valence-electron chi connectivity index (χ3n) is 2.38. The van der Waals surface area contributed by atoms with Crippen LogP contribution < -0.4 is 17.2 Å². The lowest BCUT2D eigenvalue weighted by Gasteiger charge is -2.19. The summed E-state index contributed by atoms with van der Waals surface area (Å²) in [6, 6.07) is -1.20. The number of carbonyl (C=O) groups is 2. The third-order valence-corrected chi connectivity index (χ3v) is 2.38. The average molecular weight is 371 g/mol. The minimum absolute atomic E-state index is 0. The van der Waals surface area contributed by atoms with E-state index in [1.54, 1.807) is 6.92 Å². The quantitative estimate of drug-likeness (QED) is 0.431. The molecule has 21 heavy (non-hydrogen) atoms. The lowest BCUT2D eigenvalue weighted by molar-refractivity contribution is -0.143. The predicted octanol–water partition coefficient (Wildman–Crippen LogP) is 0.442. The van der Waals surface area contributed by atoms with Crippen molar-refractivity contribution < 1.29 is 19.4 Å². The van der Waals surface area contributed by atoms with Crippen LogP contribution in [0.3, 0.4) is 0 Å². The summed E-state index contributed by atoms with van der Waals surface area (Å²) in [6.45, 7) is 2.04. The van der Waals surface area contributed by atoms with Crippen LogP contribution >= 0.6 is 37.2 Å². The monoisotopic (exact) mass is 369 g/mol. The Hall–Kier alpha value is -0.310. The Kier molecular flexibility index (Phi) is 22.0. The fourth-order valence-corrected chi connectivity index (χ4v) is 1.70. The summed E-state index contributed by atoms with van der Waals surface area (Å²) in [7, 11) is 0. The van der Waals surface area contributed by atoms with E-state index in [2.05, 4.69) is 0 Å². The maximum Gasteiger partial charge on any atom is 0.307 e. The number of ether oxygens (including phenoxy) is 1. The Morgan fingerprint density at radius 3 is 1.76 bits per heavy atom. The number of carboxylic acid groups (broad SMARTS) is 1. The van der Waals surface area contributed by atoms with E-state index in [0.29, 0.717) is 19.4 Å². The first-order chi connectivity index (χ1) is 8.35. The van der Waals surface area contributed by atoms with Crippen LogP contribution in [0.5, 0.6) is 0 Å². The molecule has 0 amide bonds. The molecular weight excluding hydrogens is 344 g/mol. The summed E-state index contributed by atoms with van der Waals surface area (Å²) < 4.78 is 4.77. The molecule has 0 fully saturated rings. The second-order valence-electron chi connectivity index (χ2n) is 4.36. The van der Waals surface area contributed by atoms with Gasteiger partial charge in [-0.15, -0.1) is 37.2 Å². The summed E-state index contributed by atoms with van der Waals surface area (Å²) in [5, 5.41) is 8.55. The zero-order valence-corrected chi connectivity index (χ0v) is 14.3. The van der Waals surface area contributed by atoms with Gasteiger partial charge >= 0.3 is 11.9 Å². The molecule has 0 heterocycles. The molecule has 0 radical (unpaired) electrons. The van der Waals surface area contributed by atoms with Crippen molar-refractivity contribution in [3.05, 3.63) is 0 Å². The van der Waals surface area contributed by atoms with E-state index in [0.717, 1.165) is 0 Å². The van der Waals surface area contributed by atoms with E-state index in [1.165, 1.54) is 0 Å². The average Bonchev–Trinajstić information content (AvgIpc) is 2.14. The van der Waals surface area contributed by atoms with Gasteiger partial charge in [-0.2, -0.15) is 0 Å². The molecule has 0 aromatic heterocycles. The van der Waals surface area contributed by atoms with Gasteiger partial charge in [0.25, 0.3) is 0 Å². The fourth-order valence-electron chi connectivity index (χ4n) is 1.70. The van der Waals surface area contributed by atoms with Gasteiger partial charge in [0.15, 0.2) is 0 Å². The number of esters is 1. The van der Waals surface area contributed by atoms with Crippen molar-refractivity contribution in [1.82, 2.24) is 0 Å². The molecule has 0 aromatic rings. The molecule has 130 valence electrons. The number of nitrogens with two attached hydrogens (primary N) is 3. The lowest BCUT2D eigenvalue weighted by Crippen LogP contribution is -2.38. The largest absolute Gasteiger partial charge is 0.481 e. The molecule has 0 aliphatic rings. The SMILES string of the molecule is CCOC(=O)CC(N)CC(N)CC(N)CC(=O)O.Cl.Cl.Cl. The van der Waals surface area contributed by atoms with Gasteiger partial charge in [0.05, 0.1) is 19.4 Å². The number of hydrogen-bond donors (Lipinski definition) is 4. The van der Waals surface area contributed by atoms with Gasteiger partial charge in [-0.25, -0.2) is 0 Å². The number of carbonyl (C=O) groups excluding carboxylic acids is 1. The van der Waals surface area contributed by atoms with Crippen molar-refractivity contribution in [2.75, 3.05) is 6.61 Å². The highest BCUT2D eigenvalue weighted by molar-refractivity contribution is 5.86. The first-order valence-corrected chi connectivity index (χ1v) is 5.99. The van der Waals surface area contributed by atoms with Crippen LogP contribution in [0.25, 0.3) is 0 Å². The van der Waals surface area contributed by atoms with E-state index in [-0.39, 0.29) is 62.1 Å². The van der Waals surface area contributed by atoms with Crippen LogP contribution in [0.1, 0.15) is 32.6 Å². The molecule has 3 unspecified atom stereocenters. The standard InChI is InChI=1S/C11H23N3O4.3ClH/c1-2-18-11(17)6-9(14)4-7(12)3-8(13)5-10(15)16;;;/h7-9H,2-6,12-14H2,1H3,(H,15,16);3*1H. The number of halogens is 3. The minimum Gasteiger partial charge on any atom is -0.481 e. The predicted molar refractivity (Wildman–Crippen MR) is 88.4 cm³/mol. The first-order valence-electron chi connectivity index (χ1n) is 5.99. The Morgan fingerprint density at radius 2 is 1.38 bits per heavy atom. The van der Waals surface area contributed by atoms with Crippen molar-refractivity contribution in [3.8, 4) is 0 Å². The highest BCUT2D eigenvalue weighted by atomic mass is 35.5. The van der Waals surface area contributed by atoms with E-state index >= 15 is 0 Å². The van der Waals surface area contributed by atoms with Gasteiger partial charge in [0, 0.05) is 18.1 Å². The zero-order chi connectivity index (χ0) is 14.1. The molecule has 10 heteroatoms. The zero-order valence-electron chi connectivity index (χ0n) is 11.9. The maximum absolute atomic E-state index is 11.2. The Balaban J connectivity index is -0.000000482. The van der Waals surface area contributed by atoms with Crippen LogP contribution in [0.15, 0.2) is 0 Å². The molecule has 7 nitrogen and oxygen atoms in total. The van der Waals surface area contributed by atoms with Crippen LogP contribution in [0, 0.1) is 0 Å². The second kappa shape index (κ2) is 16.1. The van der Waals surface area contributed by atoms with Gasteiger partial charge < -0.3 is 27.0 Å². The van der Waals surface area contributed by atoms with Crippen LogP contribution in [-0.4, -0.2) is 41.8 Å². The number of carboxylic acids is 1. The molecule has 0 aliphatic carbocycles. The molecule has 0 bridgehead atoms. The number of rotatable bonds is 9. The number of hydrogen-bond acceptors (Lipinski definition) is 6. The van der Waals surface area contributed by atoms with Gasteiger partial charge in [0.2, 0.25) is 0 Å². The Labute approximate surface area is 143 Å². The van der Waals surface area contributed by atoms with Gasteiger partial charge in [-0.3, -0.25) is 9.59 Å². The van der Waals surface area contributed by atoms with Gasteiger partial charge in [-0.1, -0.05) is 0 Å². The van der Waals surface area contributed by atoms with E-state index in [9.17, 15) is 9.59 Å². The van der Waals surface area contributed by atoms with Crippen LogP contribution in [0.4, 0.5) is 0 Å². The molecule has 7 N–H and O–H groups in total. The summed E-state index contributed by atoms with van der Waals surface area (Å²) in [6.07, 6.45) is 0.755. The first kappa shape index (κ1) is 28.8. The maximum atomic E-state index is 11.2. The molecule has 0 saturated carbocycles. The molecule has 3 atom stereocenters. The molecule has 0 aromatic carbocycles. The van der Waals surface area contributed by atoms with Crippen LogP contribution in [-0.2, 0) is 14.3 Å². The van der Waals surface area contributed by atoms with Crippen molar-refractivity contribution in [2.45, 2.75) is 50.7 Å². The van der Waals surface area contributed by atoms with Crippen molar-refractivity contribution in [3.63, 3.8) is 0 Å². The molecule has 0 aliphatic heterocycles. The summed E-state index contributed by atoms with van der Waals surface area (Å²) in [4.78, 5) is 21.6. The van der Waals surface area contributed by atoms with E-state index in [1.807, 2.05) is 0 Å². The Bertz CT molecular complexity index is 285. The van der Waals surface area contributed by atoms with Crippen molar-refractivity contribution in [1.29, 1.82) is 0 Å². The highest BCUT2D eigenvalue weighted by Gasteiger charge is 2.17. The topological polar surface area (TPSA) is 142 Å². The van der Waals surface area contributed by atoms with Gasteiger partial charge in [-0.05, 0) is 19.8 Å². The highest BCUT2D eigenvalue weighted by Crippen LogP contribution is 2.06. The van der Waals surface area contributed by atoms with Crippen molar-refractivity contribution in [2.24, 2.45) is 17.2 Å². The van der Waals surface area contributed by atoms with E-state index in [4.69, 9.17) is 27.0 Å².